The third-order valence-electron chi connectivity index (χ3n) is 2.50. The molecule has 0 radical (unpaired) electrons. The molecule has 0 saturated heterocycles. The molecule has 102 valence electrons. The van der Waals surface area contributed by atoms with Crippen molar-refractivity contribution in [1.82, 2.24) is 0 Å². The van der Waals surface area contributed by atoms with Crippen LogP contribution in [-0.4, -0.2) is 19.8 Å². The van der Waals surface area contributed by atoms with Gasteiger partial charge in [-0.2, -0.15) is 13.2 Å². The predicted molar refractivity (Wildman–Crippen MR) is 68.7 cm³/mol. The van der Waals surface area contributed by atoms with E-state index in [9.17, 15) is 13.2 Å². The second kappa shape index (κ2) is 6.43. The SMILES string of the molecule is CCC(COC)Nc1ccc(Br)c(C(F)(F)F)c1. The lowest BCUT2D eigenvalue weighted by molar-refractivity contribution is -0.138. The van der Waals surface area contributed by atoms with E-state index in [2.05, 4.69) is 21.2 Å². The molecule has 6 heteroatoms. The van der Waals surface area contributed by atoms with Gasteiger partial charge in [0, 0.05) is 23.3 Å². The Hall–Kier alpha value is -0.750. The maximum Gasteiger partial charge on any atom is 0.417 e. The van der Waals surface area contributed by atoms with Crippen LogP contribution in [0.25, 0.3) is 0 Å². The molecule has 0 aliphatic heterocycles. The molecule has 1 N–H and O–H groups in total. The Bertz CT molecular complexity index is 395. The summed E-state index contributed by atoms with van der Waals surface area (Å²) in [6.07, 6.45) is -3.59. The van der Waals surface area contributed by atoms with Gasteiger partial charge in [-0.05, 0) is 24.6 Å². The molecule has 1 unspecified atom stereocenters. The van der Waals surface area contributed by atoms with Crippen LogP contribution in [0.1, 0.15) is 18.9 Å². The Kier molecular flexibility index (Phi) is 5.47. The van der Waals surface area contributed by atoms with Crippen LogP contribution in [0.4, 0.5) is 18.9 Å². The van der Waals surface area contributed by atoms with Gasteiger partial charge in [0.25, 0.3) is 0 Å². The van der Waals surface area contributed by atoms with Crippen molar-refractivity contribution in [2.75, 3.05) is 19.0 Å². The highest BCUT2D eigenvalue weighted by molar-refractivity contribution is 9.10. The van der Waals surface area contributed by atoms with Gasteiger partial charge in [0.2, 0.25) is 0 Å². The molecule has 1 aromatic carbocycles. The first kappa shape index (κ1) is 15.3. The highest BCUT2D eigenvalue weighted by atomic mass is 79.9. The molecular formula is C12H15BrF3NO. The second-order valence-electron chi connectivity index (χ2n) is 3.90. The Morgan fingerprint density at radius 1 is 1.39 bits per heavy atom. The van der Waals surface area contributed by atoms with Crippen molar-refractivity contribution >= 4 is 21.6 Å². The summed E-state index contributed by atoms with van der Waals surface area (Å²) in [6.45, 7) is 2.40. The summed E-state index contributed by atoms with van der Waals surface area (Å²) in [5.41, 5.74) is -0.241. The Balaban J connectivity index is 2.91. The van der Waals surface area contributed by atoms with Gasteiger partial charge in [-0.3, -0.25) is 0 Å². The predicted octanol–water partition coefficient (Wildman–Crippen LogP) is 4.30. The first-order chi connectivity index (χ1) is 8.38. The number of benzene rings is 1. The zero-order chi connectivity index (χ0) is 13.8. The van der Waals surface area contributed by atoms with Crippen molar-refractivity contribution < 1.29 is 17.9 Å². The molecule has 0 aliphatic rings. The van der Waals surface area contributed by atoms with Crippen LogP contribution >= 0.6 is 15.9 Å². The molecule has 0 spiro atoms. The Morgan fingerprint density at radius 3 is 2.56 bits per heavy atom. The fourth-order valence-corrected chi connectivity index (χ4v) is 2.00. The van der Waals surface area contributed by atoms with Gasteiger partial charge in [0.1, 0.15) is 0 Å². The molecule has 0 fully saturated rings. The lowest BCUT2D eigenvalue weighted by Gasteiger charge is -2.19. The number of alkyl halides is 3. The minimum atomic E-state index is -4.36. The third-order valence-corrected chi connectivity index (χ3v) is 3.19. The first-order valence-corrected chi connectivity index (χ1v) is 6.30. The highest BCUT2D eigenvalue weighted by Crippen LogP contribution is 2.36. The molecule has 1 aromatic rings. The van der Waals surface area contributed by atoms with E-state index < -0.39 is 11.7 Å². The van der Waals surface area contributed by atoms with Crippen molar-refractivity contribution in [3.8, 4) is 0 Å². The lowest BCUT2D eigenvalue weighted by Crippen LogP contribution is -2.24. The summed E-state index contributed by atoms with van der Waals surface area (Å²) >= 11 is 2.91. The van der Waals surface area contributed by atoms with Gasteiger partial charge in [-0.1, -0.05) is 22.9 Å². The second-order valence-corrected chi connectivity index (χ2v) is 4.75. The van der Waals surface area contributed by atoms with Crippen molar-refractivity contribution in [2.45, 2.75) is 25.6 Å². The minimum Gasteiger partial charge on any atom is -0.383 e. The molecule has 0 aliphatic carbocycles. The maximum absolute atomic E-state index is 12.7. The molecule has 0 saturated carbocycles. The van der Waals surface area contributed by atoms with Gasteiger partial charge >= 0.3 is 6.18 Å². The largest absolute Gasteiger partial charge is 0.417 e. The van der Waals surface area contributed by atoms with Crippen molar-refractivity contribution in [2.24, 2.45) is 0 Å². The monoisotopic (exact) mass is 325 g/mol. The molecule has 0 heterocycles. The molecule has 0 amide bonds. The van der Waals surface area contributed by atoms with E-state index in [4.69, 9.17) is 4.74 Å². The summed E-state index contributed by atoms with van der Waals surface area (Å²) < 4.78 is 43.2. The lowest BCUT2D eigenvalue weighted by atomic mass is 10.1. The number of halogens is 4. The first-order valence-electron chi connectivity index (χ1n) is 5.50. The van der Waals surface area contributed by atoms with Crippen molar-refractivity contribution in [3.05, 3.63) is 28.2 Å². The minimum absolute atomic E-state index is 0.00254. The van der Waals surface area contributed by atoms with Crippen LogP contribution in [0.2, 0.25) is 0 Å². The average molecular weight is 326 g/mol. The highest BCUT2D eigenvalue weighted by Gasteiger charge is 2.33. The van der Waals surface area contributed by atoms with E-state index in [0.29, 0.717) is 12.3 Å². The van der Waals surface area contributed by atoms with Crippen LogP contribution < -0.4 is 5.32 Å². The van der Waals surface area contributed by atoms with Crippen LogP contribution in [0.5, 0.6) is 0 Å². The van der Waals surface area contributed by atoms with Crippen LogP contribution in [-0.2, 0) is 10.9 Å². The molecule has 18 heavy (non-hydrogen) atoms. The molecule has 2 nitrogen and oxygen atoms in total. The third kappa shape index (κ3) is 4.17. The number of methoxy groups -OCH3 is 1. The average Bonchev–Trinajstić information content (AvgIpc) is 2.29. The zero-order valence-electron chi connectivity index (χ0n) is 10.1. The van der Waals surface area contributed by atoms with Gasteiger partial charge in [0.15, 0.2) is 0 Å². The summed E-state index contributed by atoms with van der Waals surface area (Å²) in [5, 5.41) is 3.02. The number of anilines is 1. The number of hydrogen-bond acceptors (Lipinski definition) is 2. The van der Waals surface area contributed by atoms with Gasteiger partial charge in [-0.25, -0.2) is 0 Å². The van der Waals surface area contributed by atoms with E-state index in [-0.39, 0.29) is 10.5 Å². The smallest absolute Gasteiger partial charge is 0.383 e. The standard InChI is InChI=1S/C12H15BrF3NO/c1-3-8(7-18-2)17-9-4-5-11(13)10(6-9)12(14,15)16/h4-6,8,17H,3,7H2,1-2H3. The number of nitrogens with one attached hydrogen (secondary N) is 1. The number of rotatable bonds is 5. The van der Waals surface area contributed by atoms with Gasteiger partial charge < -0.3 is 10.1 Å². The van der Waals surface area contributed by atoms with E-state index in [1.807, 2.05) is 6.92 Å². The molecule has 1 rings (SSSR count). The fraction of sp³-hybridized carbons (Fsp3) is 0.500. The van der Waals surface area contributed by atoms with Crippen molar-refractivity contribution in [1.29, 1.82) is 0 Å². The zero-order valence-corrected chi connectivity index (χ0v) is 11.7. The summed E-state index contributed by atoms with van der Waals surface area (Å²) in [7, 11) is 1.56. The van der Waals surface area contributed by atoms with E-state index in [0.717, 1.165) is 12.5 Å². The van der Waals surface area contributed by atoms with Crippen molar-refractivity contribution in [3.63, 3.8) is 0 Å². The maximum atomic E-state index is 12.7. The Morgan fingerprint density at radius 2 is 2.06 bits per heavy atom. The van der Waals surface area contributed by atoms with E-state index >= 15 is 0 Å². The molecule has 1 atom stereocenters. The van der Waals surface area contributed by atoms with Gasteiger partial charge in [0.05, 0.1) is 12.2 Å². The molecule has 0 aromatic heterocycles. The van der Waals surface area contributed by atoms with Crippen LogP contribution in [0.3, 0.4) is 0 Å². The topological polar surface area (TPSA) is 21.3 Å². The molecular weight excluding hydrogens is 311 g/mol. The normalized spacial score (nSPS) is 13.4. The van der Waals surface area contributed by atoms with Crippen LogP contribution in [0, 0.1) is 0 Å². The van der Waals surface area contributed by atoms with Gasteiger partial charge in [-0.15, -0.1) is 0 Å². The summed E-state index contributed by atoms with van der Waals surface area (Å²) in [4.78, 5) is 0. The van der Waals surface area contributed by atoms with Crippen LogP contribution in [0.15, 0.2) is 22.7 Å². The fourth-order valence-electron chi connectivity index (χ4n) is 1.53. The number of hydrogen-bond donors (Lipinski definition) is 1. The Labute approximate surface area is 113 Å². The summed E-state index contributed by atoms with van der Waals surface area (Å²) in [6, 6.07) is 4.10. The van der Waals surface area contributed by atoms with E-state index in [1.54, 1.807) is 13.2 Å². The summed E-state index contributed by atoms with van der Waals surface area (Å²) in [5.74, 6) is 0. The van der Waals surface area contributed by atoms with E-state index in [1.165, 1.54) is 6.07 Å². The molecule has 0 bridgehead atoms. The number of ether oxygens (including phenoxy) is 1. The quantitative estimate of drug-likeness (QED) is 0.871.